The van der Waals surface area contributed by atoms with Crippen LogP contribution in [0, 0.1) is 0 Å². The molecule has 1 aliphatic heterocycles. The summed E-state index contributed by atoms with van der Waals surface area (Å²) in [6.45, 7) is 4.27. The first-order valence-electron chi connectivity index (χ1n) is 11.6. The third-order valence-electron chi connectivity index (χ3n) is 5.95. The average Bonchev–Trinajstić information content (AvgIpc) is 2.87. The third kappa shape index (κ3) is 6.43. The molecule has 0 aliphatic carbocycles. The quantitative estimate of drug-likeness (QED) is 0.520. The average molecular weight is 488 g/mol. The van der Waals surface area contributed by atoms with Crippen LogP contribution in [-0.2, 0) is 14.8 Å². The van der Waals surface area contributed by atoms with Crippen LogP contribution in [0.15, 0.2) is 59.5 Å². The predicted molar refractivity (Wildman–Crippen MR) is 130 cm³/mol. The Hall–Kier alpha value is -2.75. The van der Waals surface area contributed by atoms with E-state index >= 15 is 0 Å². The van der Waals surface area contributed by atoms with Crippen LogP contribution in [0.4, 0.5) is 0 Å². The van der Waals surface area contributed by atoms with Gasteiger partial charge in [0.25, 0.3) is 11.8 Å². The molecule has 3 rings (SSSR count). The minimum atomic E-state index is -3.66. The number of amides is 2. The zero-order valence-electron chi connectivity index (χ0n) is 19.8. The molecule has 0 atom stereocenters. The summed E-state index contributed by atoms with van der Waals surface area (Å²) in [5, 5.41) is 0. The number of methoxy groups -OCH3 is 1. The first-order chi connectivity index (χ1) is 16.4. The van der Waals surface area contributed by atoms with Gasteiger partial charge in [-0.2, -0.15) is 0 Å². The van der Waals surface area contributed by atoms with Gasteiger partial charge in [-0.15, -0.1) is 0 Å². The van der Waals surface area contributed by atoms with Crippen molar-refractivity contribution < 1.29 is 22.7 Å². The SMILES string of the molecule is CCCN(C(=O)c1ccc(S(=O)(=O)NCCOC)cc1)C1CCN(C(=O)c2ccccc2)CC1. The van der Waals surface area contributed by atoms with Crippen LogP contribution < -0.4 is 4.72 Å². The van der Waals surface area contributed by atoms with Crippen LogP contribution in [0.3, 0.4) is 0 Å². The molecule has 184 valence electrons. The lowest BCUT2D eigenvalue weighted by atomic mass is 10.0. The molecule has 0 radical (unpaired) electrons. The fourth-order valence-corrected chi connectivity index (χ4v) is 5.15. The van der Waals surface area contributed by atoms with E-state index < -0.39 is 10.0 Å². The molecule has 1 fully saturated rings. The van der Waals surface area contributed by atoms with E-state index in [0.717, 1.165) is 6.42 Å². The number of ether oxygens (including phenoxy) is 1. The maximum atomic E-state index is 13.3. The third-order valence-corrected chi connectivity index (χ3v) is 7.43. The van der Waals surface area contributed by atoms with Gasteiger partial charge < -0.3 is 14.5 Å². The molecule has 8 nitrogen and oxygen atoms in total. The highest BCUT2D eigenvalue weighted by atomic mass is 32.2. The highest BCUT2D eigenvalue weighted by Gasteiger charge is 2.30. The van der Waals surface area contributed by atoms with E-state index in [4.69, 9.17) is 4.74 Å². The summed E-state index contributed by atoms with van der Waals surface area (Å²) in [7, 11) is -2.15. The van der Waals surface area contributed by atoms with Crippen LogP contribution in [0.5, 0.6) is 0 Å². The van der Waals surface area contributed by atoms with Crippen LogP contribution in [-0.4, -0.2) is 76.0 Å². The molecular weight excluding hydrogens is 454 g/mol. The van der Waals surface area contributed by atoms with Crippen molar-refractivity contribution in [2.24, 2.45) is 0 Å². The van der Waals surface area contributed by atoms with Crippen LogP contribution >= 0.6 is 0 Å². The summed E-state index contributed by atoms with van der Waals surface area (Å²) in [4.78, 5) is 29.9. The molecular formula is C25H33N3O5S. The van der Waals surface area contributed by atoms with E-state index in [1.54, 1.807) is 12.1 Å². The molecule has 0 spiro atoms. The van der Waals surface area contributed by atoms with Gasteiger partial charge >= 0.3 is 0 Å². The molecule has 0 saturated carbocycles. The number of likely N-dealkylation sites (tertiary alicyclic amines) is 1. The number of carbonyl (C=O) groups is 2. The zero-order chi connectivity index (χ0) is 24.6. The normalized spacial score (nSPS) is 14.7. The second-order valence-corrected chi connectivity index (χ2v) is 10.1. The van der Waals surface area contributed by atoms with Crippen molar-refractivity contribution in [3.63, 3.8) is 0 Å². The van der Waals surface area contributed by atoms with Gasteiger partial charge in [-0.25, -0.2) is 13.1 Å². The Morgan fingerprint density at radius 1 is 1.03 bits per heavy atom. The van der Waals surface area contributed by atoms with E-state index in [-0.39, 0.29) is 35.9 Å². The summed E-state index contributed by atoms with van der Waals surface area (Å²) >= 11 is 0. The van der Waals surface area contributed by atoms with Gasteiger partial charge in [-0.1, -0.05) is 25.1 Å². The van der Waals surface area contributed by atoms with E-state index in [1.165, 1.54) is 19.2 Å². The Balaban J connectivity index is 1.65. The minimum absolute atomic E-state index is 0.0170. The first kappa shape index (κ1) is 25.9. The molecule has 0 unspecified atom stereocenters. The van der Waals surface area contributed by atoms with Crippen LogP contribution in [0.2, 0.25) is 0 Å². The molecule has 2 aromatic carbocycles. The zero-order valence-corrected chi connectivity index (χ0v) is 20.6. The highest BCUT2D eigenvalue weighted by molar-refractivity contribution is 7.89. The van der Waals surface area contributed by atoms with Gasteiger partial charge in [-0.3, -0.25) is 9.59 Å². The Labute approximate surface area is 201 Å². The molecule has 2 aromatic rings. The largest absolute Gasteiger partial charge is 0.383 e. The summed E-state index contributed by atoms with van der Waals surface area (Å²) < 4.78 is 32.1. The van der Waals surface area contributed by atoms with Crippen molar-refractivity contribution in [3.05, 3.63) is 65.7 Å². The van der Waals surface area contributed by atoms with Crippen molar-refractivity contribution in [1.82, 2.24) is 14.5 Å². The smallest absolute Gasteiger partial charge is 0.254 e. The van der Waals surface area contributed by atoms with E-state index in [0.29, 0.717) is 43.6 Å². The summed E-state index contributed by atoms with van der Waals surface area (Å²) in [5.41, 5.74) is 1.13. The molecule has 34 heavy (non-hydrogen) atoms. The maximum absolute atomic E-state index is 13.3. The number of nitrogens with zero attached hydrogens (tertiary/aromatic N) is 2. The topological polar surface area (TPSA) is 96.0 Å². The van der Waals surface area contributed by atoms with Gasteiger partial charge in [0.2, 0.25) is 10.0 Å². The second-order valence-electron chi connectivity index (χ2n) is 8.30. The molecule has 0 bridgehead atoms. The molecule has 2 amide bonds. The molecule has 1 heterocycles. The monoisotopic (exact) mass is 487 g/mol. The number of benzene rings is 2. The Kier molecular flexibility index (Phi) is 9.20. The van der Waals surface area contributed by atoms with Crippen molar-refractivity contribution in [3.8, 4) is 0 Å². The number of nitrogens with one attached hydrogen (secondary N) is 1. The van der Waals surface area contributed by atoms with E-state index in [9.17, 15) is 18.0 Å². The Morgan fingerprint density at radius 2 is 1.68 bits per heavy atom. The summed E-state index contributed by atoms with van der Waals surface area (Å²) in [5.74, 6) is -0.102. The van der Waals surface area contributed by atoms with Gasteiger partial charge in [-0.05, 0) is 55.7 Å². The second kappa shape index (κ2) is 12.1. The van der Waals surface area contributed by atoms with Crippen LogP contribution in [0.1, 0.15) is 46.9 Å². The van der Waals surface area contributed by atoms with Crippen molar-refractivity contribution in [1.29, 1.82) is 0 Å². The molecule has 0 aromatic heterocycles. The van der Waals surface area contributed by atoms with Crippen molar-refractivity contribution >= 4 is 21.8 Å². The number of piperidine rings is 1. The molecule has 1 N–H and O–H groups in total. The summed E-state index contributed by atoms with van der Waals surface area (Å²) in [6.07, 6.45) is 2.23. The Bertz CT molecular complexity index is 1050. The standard InChI is InChI=1S/C25H33N3O5S/c1-3-16-28(22-13-17-27(18-14-22)24(29)20-7-5-4-6-8-20)25(30)21-9-11-23(12-10-21)34(31,32)26-15-19-33-2/h4-12,22,26H,3,13-19H2,1-2H3. The molecule has 1 aliphatic rings. The van der Waals surface area contributed by atoms with Gasteiger partial charge in [0.05, 0.1) is 11.5 Å². The summed E-state index contributed by atoms with van der Waals surface area (Å²) in [6, 6.07) is 15.3. The minimum Gasteiger partial charge on any atom is -0.383 e. The number of sulfonamides is 1. The lowest BCUT2D eigenvalue weighted by Crippen LogP contribution is -2.49. The number of carbonyl (C=O) groups excluding carboxylic acids is 2. The maximum Gasteiger partial charge on any atom is 0.254 e. The van der Waals surface area contributed by atoms with E-state index in [2.05, 4.69) is 4.72 Å². The van der Waals surface area contributed by atoms with Crippen molar-refractivity contribution in [2.75, 3.05) is 39.9 Å². The number of rotatable bonds is 10. The van der Waals surface area contributed by atoms with Gasteiger partial charge in [0, 0.05) is 50.5 Å². The van der Waals surface area contributed by atoms with Gasteiger partial charge in [0.1, 0.15) is 0 Å². The fraction of sp³-hybridized carbons (Fsp3) is 0.440. The molecule has 1 saturated heterocycles. The number of hydrogen-bond donors (Lipinski definition) is 1. The lowest BCUT2D eigenvalue weighted by molar-refractivity contribution is 0.0519. The predicted octanol–water partition coefficient (Wildman–Crippen LogP) is 2.77. The highest BCUT2D eigenvalue weighted by Crippen LogP contribution is 2.22. The number of hydrogen-bond acceptors (Lipinski definition) is 5. The van der Waals surface area contributed by atoms with Gasteiger partial charge in [0.15, 0.2) is 0 Å². The first-order valence-corrected chi connectivity index (χ1v) is 13.1. The Morgan fingerprint density at radius 3 is 2.26 bits per heavy atom. The van der Waals surface area contributed by atoms with Crippen molar-refractivity contribution in [2.45, 2.75) is 37.1 Å². The van der Waals surface area contributed by atoms with Crippen LogP contribution in [0.25, 0.3) is 0 Å². The lowest BCUT2D eigenvalue weighted by Gasteiger charge is -2.38. The van der Waals surface area contributed by atoms with E-state index in [1.807, 2.05) is 47.1 Å². The fourth-order valence-electron chi connectivity index (χ4n) is 4.14. The molecule has 9 heteroatoms.